The van der Waals surface area contributed by atoms with Gasteiger partial charge in [0.25, 0.3) is 0 Å². The Morgan fingerprint density at radius 3 is 3.00 bits per heavy atom. The van der Waals surface area contributed by atoms with Crippen molar-refractivity contribution in [3.8, 4) is 0 Å². The van der Waals surface area contributed by atoms with Gasteiger partial charge < -0.3 is 10.3 Å². The molecule has 0 aliphatic heterocycles. The lowest BCUT2D eigenvalue weighted by atomic mass is 10.2. The zero-order valence-electron chi connectivity index (χ0n) is 8.81. The lowest BCUT2D eigenvalue weighted by Crippen LogP contribution is -2.12. The van der Waals surface area contributed by atoms with E-state index in [2.05, 4.69) is 32.2 Å². The van der Waals surface area contributed by atoms with Crippen LogP contribution in [-0.2, 0) is 0 Å². The van der Waals surface area contributed by atoms with Crippen molar-refractivity contribution in [2.45, 2.75) is 19.4 Å². The fourth-order valence-corrected chi connectivity index (χ4v) is 1.57. The molecular weight excluding hydrogens is 226 g/mol. The van der Waals surface area contributed by atoms with Gasteiger partial charge in [-0.2, -0.15) is 0 Å². The summed E-state index contributed by atoms with van der Waals surface area (Å²) in [5.41, 5.74) is 0. The van der Waals surface area contributed by atoms with Crippen LogP contribution in [0.1, 0.15) is 25.2 Å². The summed E-state index contributed by atoms with van der Waals surface area (Å²) in [7, 11) is 0. The van der Waals surface area contributed by atoms with Gasteiger partial charge in [-0.15, -0.1) is 0 Å². The van der Waals surface area contributed by atoms with Crippen LogP contribution in [0.5, 0.6) is 0 Å². The fourth-order valence-electron chi connectivity index (χ4n) is 1.42. The molecule has 16 heavy (non-hydrogen) atoms. The quantitative estimate of drug-likeness (QED) is 0.857. The molecule has 0 aliphatic rings. The largest absolute Gasteiger partial charge is 0.359 e. The predicted octanol–water partition coefficient (Wildman–Crippen LogP) is 2.42. The molecule has 0 aromatic carbocycles. The van der Waals surface area contributed by atoms with E-state index < -0.39 is 0 Å². The number of aromatic amines is 1. The minimum atomic E-state index is 0.0859. The maximum Gasteiger partial charge on any atom is 0.149 e. The van der Waals surface area contributed by atoms with Crippen molar-refractivity contribution in [3.05, 3.63) is 35.8 Å². The highest BCUT2D eigenvalue weighted by atomic mass is 35.5. The van der Waals surface area contributed by atoms with E-state index in [0.29, 0.717) is 11.0 Å². The Kier molecular flexibility index (Phi) is 3.36. The number of hydrogen-bond acceptors (Lipinski definition) is 4. The zero-order valence-corrected chi connectivity index (χ0v) is 9.57. The van der Waals surface area contributed by atoms with Gasteiger partial charge >= 0.3 is 0 Å². The Labute approximate surface area is 98.3 Å². The molecule has 2 N–H and O–H groups in total. The third kappa shape index (κ3) is 2.49. The van der Waals surface area contributed by atoms with Gasteiger partial charge in [-0.25, -0.2) is 9.97 Å². The van der Waals surface area contributed by atoms with Crippen LogP contribution in [0, 0.1) is 0 Å². The van der Waals surface area contributed by atoms with E-state index in [-0.39, 0.29) is 6.04 Å². The van der Waals surface area contributed by atoms with Gasteiger partial charge in [-0.3, -0.25) is 4.98 Å². The van der Waals surface area contributed by atoms with Gasteiger partial charge in [0.2, 0.25) is 0 Å². The minimum Gasteiger partial charge on any atom is -0.359 e. The molecule has 1 unspecified atom stereocenters. The van der Waals surface area contributed by atoms with Crippen LogP contribution >= 0.6 is 11.6 Å². The Balaban J connectivity index is 2.13. The highest BCUT2D eigenvalue weighted by Gasteiger charge is 2.11. The maximum atomic E-state index is 5.76. The molecular formula is C10H12ClN5. The minimum absolute atomic E-state index is 0.0859. The summed E-state index contributed by atoms with van der Waals surface area (Å²) in [4.78, 5) is 15.4. The van der Waals surface area contributed by atoms with Crippen molar-refractivity contribution in [2.75, 3.05) is 5.32 Å². The fraction of sp³-hybridized carbons (Fsp3) is 0.300. The average Bonchev–Trinajstić information content (AvgIpc) is 2.79. The summed E-state index contributed by atoms with van der Waals surface area (Å²) in [6, 6.07) is 0.0859. The smallest absolute Gasteiger partial charge is 0.149 e. The number of H-pyrrole nitrogens is 1. The molecule has 6 heteroatoms. The van der Waals surface area contributed by atoms with Gasteiger partial charge in [0.1, 0.15) is 16.8 Å². The molecule has 0 spiro atoms. The van der Waals surface area contributed by atoms with Gasteiger partial charge in [0.15, 0.2) is 0 Å². The second-order valence-corrected chi connectivity index (χ2v) is 3.69. The molecule has 0 bridgehead atoms. The van der Waals surface area contributed by atoms with Gasteiger partial charge in [0.05, 0.1) is 18.4 Å². The number of rotatable bonds is 4. The van der Waals surface area contributed by atoms with Crippen LogP contribution in [0.4, 0.5) is 5.82 Å². The van der Waals surface area contributed by atoms with Crippen molar-refractivity contribution in [1.82, 2.24) is 19.9 Å². The first-order chi connectivity index (χ1) is 7.79. The summed E-state index contributed by atoms with van der Waals surface area (Å²) >= 11 is 5.76. The highest BCUT2D eigenvalue weighted by molar-refractivity contribution is 6.29. The van der Waals surface area contributed by atoms with Crippen LogP contribution in [0.15, 0.2) is 24.8 Å². The molecule has 0 fully saturated rings. The Morgan fingerprint density at radius 2 is 2.38 bits per heavy atom. The number of halogens is 1. The lowest BCUT2D eigenvalue weighted by Gasteiger charge is -2.14. The van der Waals surface area contributed by atoms with Crippen molar-refractivity contribution in [3.63, 3.8) is 0 Å². The van der Waals surface area contributed by atoms with Gasteiger partial charge in [-0.05, 0) is 6.42 Å². The van der Waals surface area contributed by atoms with Gasteiger partial charge in [0, 0.05) is 12.4 Å². The molecule has 5 nitrogen and oxygen atoms in total. The first kappa shape index (κ1) is 10.9. The van der Waals surface area contributed by atoms with E-state index >= 15 is 0 Å². The molecule has 1 atom stereocenters. The van der Waals surface area contributed by atoms with Crippen molar-refractivity contribution < 1.29 is 0 Å². The van der Waals surface area contributed by atoms with Crippen LogP contribution in [0.25, 0.3) is 0 Å². The molecule has 0 aliphatic carbocycles. The molecule has 2 rings (SSSR count). The first-order valence-electron chi connectivity index (χ1n) is 5.03. The first-order valence-corrected chi connectivity index (χ1v) is 5.40. The summed E-state index contributed by atoms with van der Waals surface area (Å²) < 4.78 is 0. The molecule has 0 radical (unpaired) electrons. The standard InChI is InChI=1S/C10H12ClN5/c1-2-7(10-13-3-4-14-10)15-9-6-12-5-8(11)16-9/h3-7H,2H2,1H3,(H,13,14)(H,15,16). The summed E-state index contributed by atoms with van der Waals surface area (Å²) in [5, 5.41) is 3.59. The second kappa shape index (κ2) is 4.94. The van der Waals surface area contributed by atoms with Crippen molar-refractivity contribution in [1.29, 1.82) is 0 Å². The number of nitrogens with one attached hydrogen (secondary N) is 2. The summed E-state index contributed by atoms with van der Waals surface area (Å²) in [6.07, 6.45) is 7.55. The number of hydrogen-bond donors (Lipinski definition) is 2. The molecule has 0 saturated heterocycles. The second-order valence-electron chi connectivity index (χ2n) is 3.31. The lowest BCUT2D eigenvalue weighted by molar-refractivity contribution is 0.699. The topological polar surface area (TPSA) is 66.5 Å². The number of aromatic nitrogens is 4. The van der Waals surface area contributed by atoms with E-state index in [1.165, 1.54) is 6.20 Å². The van der Waals surface area contributed by atoms with E-state index in [0.717, 1.165) is 12.2 Å². The molecule has 84 valence electrons. The van der Waals surface area contributed by atoms with Crippen LogP contribution in [0.3, 0.4) is 0 Å². The molecule has 2 heterocycles. The van der Waals surface area contributed by atoms with E-state index in [9.17, 15) is 0 Å². The third-order valence-corrected chi connectivity index (χ3v) is 2.37. The molecule has 0 saturated carbocycles. The van der Waals surface area contributed by atoms with Crippen molar-refractivity contribution >= 4 is 17.4 Å². The summed E-state index contributed by atoms with van der Waals surface area (Å²) in [6.45, 7) is 2.07. The van der Waals surface area contributed by atoms with Crippen LogP contribution in [0.2, 0.25) is 5.15 Å². The van der Waals surface area contributed by atoms with Crippen LogP contribution in [-0.4, -0.2) is 19.9 Å². The highest BCUT2D eigenvalue weighted by Crippen LogP contribution is 2.18. The van der Waals surface area contributed by atoms with E-state index in [1.807, 2.05) is 0 Å². The number of anilines is 1. The van der Waals surface area contributed by atoms with Crippen molar-refractivity contribution in [2.24, 2.45) is 0 Å². The Bertz CT molecular complexity index is 442. The average molecular weight is 238 g/mol. The third-order valence-electron chi connectivity index (χ3n) is 2.18. The Hall–Kier alpha value is -1.62. The molecule has 2 aromatic rings. The molecule has 2 aromatic heterocycles. The number of imidazole rings is 1. The van der Waals surface area contributed by atoms with Crippen LogP contribution < -0.4 is 5.32 Å². The predicted molar refractivity (Wildman–Crippen MR) is 62.3 cm³/mol. The normalized spacial score (nSPS) is 12.4. The summed E-state index contributed by atoms with van der Waals surface area (Å²) in [5.74, 6) is 1.53. The van der Waals surface area contributed by atoms with E-state index in [1.54, 1.807) is 18.6 Å². The van der Waals surface area contributed by atoms with E-state index in [4.69, 9.17) is 11.6 Å². The molecule has 0 amide bonds. The Morgan fingerprint density at radius 1 is 1.50 bits per heavy atom. The maximum absolute atomic E-state index is 5.76. The number of nitrogens with zero attached hydrogens (tertiary/aromatic N) is 3. The zero-order chi connectivity index (χ0) is 11.4. The SMILES string of the molecule is CCC(Nc1cncc(Cl)n1)c1ncc[nH]1. The monoisotopic (exact) mass is 237 g/mol. The van der Waals surface area contributed by atoms with Gasteiger partial charge in [-0.1, -0.05) is 18.5 Å².